The molecule has 1 aromatic heterocycles. The van der Waals surface area contributed by atoms with Gasteiger partial charge in [0, 0.05) is 5.41 Å². The predicted molar refractivity (Wildman–Crippen MR) is 77.0 cm³/mol. The van der Waals surface area contributed by atoms with Gasteiger partial charge in [0.05, 0.1) is 10.6 Å². The van der Waals surface area contributed by atoms with Crippen molar-refractivity contribution in [2.24, 2.45) is 0 Å². The van der Waals surface area contributed by atoms with E-state index in [4.69, 9.17) is 9.26 Å². The van der Waals surface area contributed by atoms with Crippen molar-refractivity contribution in [3.05, 3.63) is 36.2 Å². The standard InChI is InChI=1S/C14H18N2O4S/c1-14(2,3)12-15-13(20-16-12)19-9-10-21(17,18)11-7-5-4-6-8-11/h4-8H,9-10H2,1-3H3. The Morgan fingerprint density at radius 2 is 1.86 bits per heavy atom. The third-order valence-electron chi connectivity index (χ3n) is 2.76. The fourth-order valence-electron chi connectivity index (χ4n) is 1.56. The lowest BCUT2D eigenvalue weighted by Crippen LogP contribution is -2.15. The van der Waals surface area contributed by atoms with Crippen LogP contribution >= 0.6 is 0 Å². The van der Waals surface area contributed by atoms with E-state index in [2.05, 4.69) is 10.1 Å². The lowest BCUT2D eigenvalue weighted by Gasteiger charge is -2.10. The molecule has 0 bridgehead atoms. The first kappa shape index (κ1) is 15.5. The first-order valence-corrected chi connectivity index (χ1v) is 8.19. The van der Waals surface area contributed by atoms with Gasteiger partial charge in [-0.25, -0.2) is 8.42 Å². The summed E-state index contributed by atoms with van der Waals surface area (Å²) in [6, 6.07) is 8.24. The molecule has 0 fully saturated rings. The van der Waals surface area contributed by atoms with E-state index in [-0.39, 0.29) is 28.7 Å². The molecule has 2 aromatic rings. The molecule has 6 nitrogen and oxygen atoms in total. The van der Waals surface area contributed by atoms with Gasteiger partial charge in [0.2, 0.25) is 0 Å². The number of hydrogen-bond acceptors (Lipinski definition) is 6. The predicted octanol–water partition coefficient (Wildman–Crippen LogP) is 2.22. The fourth-order valence-corrected chi connectivity index (χ4v) is 2.67. The van der Waals surface area contributed by atoms with Crippen molar-refractivity contribution < 1.29 is 17.7 Å². The lowest BCUT2D eigenvalue weighted by molar-refractivity contribution is 0.215. The summed E-state index contributed by atoms with van der Waals surface area (Å²) >= 11 is 0. The molecule has 0 aliphatic heterocycles. The zero-order valence-electron chi connectivity index (χ0n) is 12.2. The molecule has 0 unspecified atom stereocenters. The molecule has 1 aromatic carbocycles. The molecule has 0 aliphatic carbocycles. The molecular formula is C14H18N2O4S. The van der Waals surface area contributed by atoms with Gasteiger partial charge in [-0.05, 0) is 12.1 Å². The van der Waals surface area contributed by atoms with Gasteiger partial charge in [0.1, 0.15) is 6.61 Å². The molecule has 7 heteroatoms. The first-order chi connectivity index (χ1) is 9.79. The summed E-state index contributed by atoms with van der Waals surface area (Å²) in [5.41, 5.74) is -0.249. The van der Waals surface area contributed by atoms with Crippen LogP contribution in [0.5, 0.6) is 6.08 Å². The number of ether oxygens (including phenoxy) is 1. The Balaban J connectivity index is 1.94. The van der Waals surface area contributed by atoms with Gasteiger partial charge in [0.25, 0.3) is 0 Å². The summed E-state index contributed by atoms with van der Waals surface area (Å²) < 4.78 is 34.2. The Labute approximate surface area is 124 Å². The van der Waals surface area contributed by atoms with Crippen LogP contribution in [0.2, 0.25) is 0 Å². The summed E-state index contributed by atoms with van der Waals surface area (Å²) in [7, 11) is -3.37. The molecule has 0 spiro atoms. The van der Waals surface area contributed by atoms with Crippen LogP contribution in [-0.4, -0.2) is 30.9 Å². The number of aromatic nitrogens is 2. The molecule has 0 atom stereocenters. The van der Waals surface area contributed by atoms with Gasteiger partial charge in [-0.2, -0.15) is 4.98 Å². The molecule has 0 saturated heterocycles. The molecule has 0 N–H and O–H groups in total. The quantitative estimate of drug-likeness (QED) is 0.842. The largest absolute Gasteiger partial charge is 0.448 e. The summed E-state index contributed by atoms with van der Waals surface area (Å²) in [4.78, 5) is 4.35. The number of nitrogens with zero attached hydrogens (tertiary/aromatic N) is 2. The highest BCUT2D eigenvalue weighted by Gasteiger charge is 2.22. The van der Waals surface area contributed by atoms with Gasteiger partial charge in [0.15, 0.2) is 15.7 Å². The zero-order valence-corrected chi connectivity index (χ0v) is 13.1. The van der Waals surface area contributed by atoms with Crippen LogP contribution in [0.15, 0.2) is 39.8 Å². The maximum Gasteiger partial charge on any atom is 0.417 e. The van der Waals surface area contributed by atoms with Crippen LogP contribution in [-0.2, 0) is 15.3 Å². The Morgan fingerprint density at radius 1 is 1.19 bits per heavy atom. The second-order valence-electron chi connectivity index (χ2n) is 5.61. The van der Waals surface area contributed by atoms with E-state index in [1.807, 2.05) is 20.8 Å². The van der Waals surface area contributed by atoms with Crippen LogP contribution in [0.4, 0.5) is 0 Å². The Kier molecular flexibility index (Phi) is 4.32. The van der Waals surface area contributed by atoms with Gasteiger partial charge < -0.3 is 4.74 Å². The number of benzene rings is 1. The molecular weight excluding hydrogens is 292 g/mol. The van der Waals surface area contributed by atoms with E-state index < -0.39 is 9.84 Å². The van der Waals surface area contributed by atoms with Crippen molar-refractivity contribution in [3.8, 4) is 6.08 Å². The van der Waals surface area contributed by atoms with Gasteiger partial charge in [-0.1, -0.05) is 44.1 Å². The van der Waals surface area contributed by atoms with Crippen LogP contribution in [0, 0.1) is 0 Å². The van der Waals surface area contributed by atoms with Gasteiger partial charge in [-0.3, -0.25) is 4.52 Å². The molecule has 2 rings (SSSR count). The average Bonchev–Trinajstić information content (AvgIpc) is 2.88. The van der Waals surface area contributed by atoms with E-state index >= 15 is 0 Å². The minimum atomic E-state index is -3.37. The van der Waals surface area contributed by atoms with E-state index in [9.17, 15) is 8.42 Å². The van der Waals surface area contributed by atoms with Crippen molar-refractivity contribution in [3.63, 3.8) is 0 Å². The van der Waals surface area contributed by atoms with E-state index in [1.54, 1.807) is 30.3 Å². The van der Waals surface area contributed by atoms with E-state index in [0.717, 1.165) is 0 Å². The Hall–Kier alpha value is -1.89. The Morgan fingerprint density at radius 3 is 2.43 bits per heavy atom. The highest BCUT2D eigenvalue weighted by molar-refractivity contribution is 7.91. The molecule has 0 amide bonds. The third-order valence-corrected chi connectivity index (χ3v) is 4.45. The van der Waals surface area contributed by atoms with Crippen LogP contribution < -0.4 is 4.74 Å². The van der Waals surface area contributed by atoms with Crippen molar-refractivity contribution in [1.82, 2.24) is 10.1 Å². The maximum absolute atomic E-state index is 12.0. The van der Waals surface area contributed by atoms with Crippen molar-refractivity contribution >= 4 is 9.84 Å². The monoisotopic (exact) mass is 310 g/mol. The SMILES string of the molecule is CC(C)(C)c1noc(OCCS(=O)(=O)c2ccccc2)n1. The molecule has 114 valence electrons. The molecule has 0 radical (unpaired) electrons. The average molecular weight is 310 g/mol. The van der Waals surface area contributed by atoms with Gasteiger partial charge >= 0.3 is 6.08 Å². The van der Waals surface area contributed by atoms with E-state index in [0.29, 0.717) is 5.82 Å². The summed E-state index contributed by atoms with van der Waals surface area (Å²) in [6.07, 6.45) is -0.0109. The topological polar surface area (TPSA) is 82.3 Å². The fraction of sp³-hybridized carbons (Fsp3) is 0.429. The second kappa shape index (κ2) is 5.85. The molecule has 0 saturated carbocycles. The van der Waals surface area contributed by atoms with Crippen LogP contribution in [0.1, 0.15) is 26.6 Å². The van der Waals surface area contributed by atoms with Gasteiger partial charge in [-0.15, -0.1) is 0 Å². The molecule has 1 heterocycles. The minimum absolute atomic E-state index is 0.0109. The maximum atomic E-state index is 12.0. The highest BCUT2D eigenvalue weighted by Crippen LogP contribution is 2.21. The zero-order chi connectivity index (χ0) is 15.5. The number of sulfone groups is 1. The second-order valence-corrected chi connectivity index (χ2v) is 7.72. The van der Waals surface area contributed by atoms with Crippen molar-refractivity contribution in [2.75, 3.05) is 12.4 Å². The summed E-state index contributed by atoms with van der Waals surface area (Å²) in [5.74, 6) is 0.368. The minimum Gasteiger partial charge on any atom is -0.448 e. The van der Waals surface area contributed by atoms with Crippen molar-refractivity contribution in [1.29, 1.82) is 0 Å². The van der Waals surface area contributed by atoms with Crippen molar-refractivity contribution in [2.45, 2.75) is 31.1 Å². The van der Waals surface area contributed by atoms with Crippen LogP contribution in [0.25, 0.3) is 0 Å². The van der Waals surface area contributed by atoms with E-state index in [1.165, 1.54) is 0 Å². The number of hydrogen-bond donors (Lipinski definition) is 0. The highest BCUT2D eigenvalue weighted by atomic mass is 32.2. The normalized spacial score (nSPS) is 12.3. The molecule has 0 aliphatic rings. The number of rotatable bonds is 5. The lowest BCUT2D eigenvalue weighted by atomic mass is 9.96. The molecule has 21 heavy (non-hydrogen) atoms. The third kappa shape index (κ3) is 4.04. The Bertz CT molecular complexity index is 687. The summed E-state index contributed by atoms with van der Waals surface area (Å²) in [5, 5.41) is 3.80. The smallest absolute Gasteiger partial charge is 0.417 e. The van der Waals surface area contributed by atoms with Crippen LogP contribution in [0.3, 0.4) is 0 Å². The summed E-state index contributed by atoms with van der Waals surface area (Å²) in [6.45, 7) is 5.80. The first-order valence-electron chi connectivity index (χ1n) is 6.54.